The van der Waals surface area contributed by atoms with Gasteiger partial charge in [0.15, 0.2) is 0 Å². The van der Waals surface area contributed by atoms with Crippen LogP contribution in [0.25, 0.3) is 0 Å². The fourth-order valence-corrected chi connectivity index (χ4v) is 1.41. The summed E-state index contributed by atoms with van der Waals surface area (Å²) in [6, 6.07) is 0. The molecule has 80 valence electrons. The lowest BCUT2D eigenvalue weighted by Gasteiger charge is -2.14. The Hall–Kier alpha value is 0.250. The van der Waals surface area contributed by atoms with Gasteiger partial charge in [0.05, 0.1) is 0 Å². The van der Waals surface area contributed by atoms with Crippen LogP contribution in [0, 0.1) is 5.92 Å². The molecule has 0 aliphatic carbocycles. The van der Waals surface area contributed by atoms with E-state index in [0.29, 0.717) is 5.88 Å². The van der Waals surface area contributed by atoms with Crippen molar-refractivity contribution in [3.63, 3.8) is 0 Å². The highest BCUT2D eigenvalue weighted by Gasteiger charge is 2.04. The van der Waals surface area contributed by atoms with E-state index in [1.807, 2.05) is 0 Å². The third kappa shape index (κ3) is 8.58. The van der Waals surface area contributed by atoms with Crippen molar-refractivity contribution in [1.82, 2.24) is 0 Å². The fraction of sp³-hybridized carbons (Fsp3) is 1.00. The lowest BCUT2D eigenvalue weighted by Crippen LogP contribution is -2.09. The summed E-state index contributed by atoms with van der Waals surface area (Å²) in [5, 5.41) is 0. The highest BCUT2D eigenvalue weighted by Crippen LogP contribution is 2.12. The maximum Gasteiger partial charge on any atom is 0.0494 e. The predicted octanol–water partition coefficient (Wildman–Crippen LogP) is 3.85. The zero-order chi connectivity index (χ0) is 9.94. The van der Waals surface area contributed by atoms with Gasteiger partial charge in [-0.05, 0) is 18.8 Å². The standard InChI is InChI=1S/C11H23ClO/c1-3-5-7-11(4-2)10-13-9-6-8-12/h11H,3-10H2,1-2H3. The Labute approximate surface area is 87.8 Å². The predicted molar refractivity (Wildman–Crippen MR) is 59.5 cm³/mol. The second-order valence-corrected chi connectivity index (χ2v) is 3.91. The molecule has 2 heteroatoms. The lowest BCUT2D eigenvalue weighted by atomic mass is 10.0. The third-order valence-electron chi connectivity index (χ3n) is 2.32. The van der Waals surface area contributed by atoms with Crippen molar-refractivity contribution in [2.75, 3.05) is 19.1 Å². The number of hydrogen-bond donors (Lipinski definition) is 0. The van der Waals surface area contributed by atoms with Crippen LogP contribution in [0.5, 0.6) is 0 Å². The van der Waals surface area contributed by atoms with E-state index in [2.05, 4.69) is 13.8 Å². The maximum atomic E-state index is 5.55. The summed E-state index contributed by atoms with van der Waals surface area (Å²) in [7, 11) is 0. The third-order valence-corrected chi connectivity index (χ3v) is 2.59. The minimum Gasteiger partial charge on any atom is -0.381 e. The number of halogens is 1. The van der Waals surface area contributed by atoms with Crippen LogP contribution in [0.2, 0.25) is 0 Å². The van der Waals surface area contributed by atoms with Gasteiger partial charge in [-0.15, -0.1) is 11.6 Å². The topological polar surface area (TPSA) is 9.23 Å². The molecule has 0 rings (SSSR count). The lowest BCUT2D eigenvalue weighted by molar-refractivity contribution is 0.0948. The molecule has 0 aromatic heterocycles. The normalized spacial score (nSPS) is 13.2. The van der Waals surface area contributed by atoms with E-state index in [9.17, 15) is 0 Å². The molecule has 0 radical (unpaired) electrons. The number of unbranched alkanes of at least 4 members (excludes halogenated alkanes) is 1. The summed E-state index contributed by atoms with van der Waals surface area (Å²) in [4.78, 5) is 0. The van der Waals surface area contributed by atoms with Crippen molar-refractivity contribution in [1.29, 1.82) is 0 Å². The highest BCUT2D eigenvalue weighted by atomic mass is 35.5. The summed E-state index contributed by atoms with van der Waals surface area (Å²) >= 11 is 5.55. The van der Waals surface area contributed by atoms with Crippen LogP contribution >= 0.6 is 11.6 Å². The molecule has 0 amide bonds. The minimum atomic E-state index is 0.714. The molecule has 0 heterocycles. The molecule has 0 spiro atoms. The molecule has 0 saturated carbocycles. The molecular weight excluding hydrogens is 184 g/mol. The first-order chi connectivity index (χ1) is 6.35. The quantitative estimate of drug-likeness (QED) is 0.411. The van der Waals surface area contributed by atoms with Gasteiger partial charge in [0.2, 0.25) is 0 Å². The van der Waals surface area contributed by atoms with Crippen molar-refractivity contribution < 1.29 is 4.74 Å². The van der Waals surface area contributed by atoms with Crippen LogP contribution in [0.4, 0.5) is 0 Å². The van der Waals surface area contributed by atoms with Crippen LogP contribution in [0.3, 0.4) is 0 Å². The Morgan fingerprint density at radius 3 is 2.54 bits per heavy atom. The van der Waals surface area contributed by atoms with E-state index >= 15 is 0 Å². The molecule has 1 unspecified atom stereocenters. The molecule has 0 aliphatic heterocycles. The van der Waals surface area contributed by atoms with Crippen LogP contribution in [0.15, 0.2) is 0 Å². The monoisotopic (exact) mass is 206 g/mol. The molecule has 1 nitrogen and oxygen atoms in total. The molecule has 0 bridgehead atoms. The van der Waals surface area contributed by atoms with E-state index in [1.165, 1.54) is 25.7 Å². The van der Waals surface area contributed by atoms with Gasteiger partial charge in [0, 0.05) is 19.1 Å². The highest BCUT2D eigenvalue weighted by molar-refractivity contribution is 6.17. The smallest absolute Gasteiger partial charge is 0.0494 e. The Morgan fingerprint density at radius 2 is 2.00 bits per heavy atom. The first-order valence-corrected chi connectivity index (χ1v) is 6.02. The van der Waals surface area contributed by atoms with Crippen molar-refractivity contribution in [2.45, 2.75) is 46.0 Å². The van der Waals surface area contributed by atoms with Gasteiger partial charge in [-0.3, -0.25) is 0 Å². The average Bonchev–Trinajstić information content (AvgIpc) is 2.17. The van der Waals surface area contributed by atoms with Gasteiger partial charge >= 0.3 is 0 Å². The van der Waals surface area contributed by atoms with Crippen molar-refractivity contribution >= 4 is 11.6 Å². The van der Waals surface area contributed by atoms with Crippen molar-refractivity contribution in [3.05, 3.63) is 0 Å². The molecule has 13 heavy (non-hydrogen) atoms. The molecule has 0 fully saturated rings. The molecule has 0 N–H and O–H groups in total. The second kappa shape index (κ2) is 10.3. The van der Waals surface area contributed by atoms with Gasteiger partial charge in [0.1, 0.15) is 0 Å². The fourth-order valence-electron chi connectivity index (χ4n) is 1.30. The van der Waals surface area contributed by atoms with Crippen LogP contribution in [0.1, 0.15) is 46.0 Å². The Balaban J connectivity index is 3.25. The van der Waals surface area contributed by atoms with Gasteiger partial charge < -0.3 is 4.74 Å². The minimum absolute atomic E-state index is 0.714. The molecule has 0 saturated heterocycles. The Morgan fingerprint density at radius 1 is 1.23 bits per heavy atom. The van der Waals surface area contributed by atoms with Crippen LogP contribution in [-0.4, -0.2) is 19.1 Å². The van der Waals surface area contributed by atoms with E-state index < -0.39 is 0 Å². The van der Waals surface area contributed by atoms with Gasteiger partial charge in [-0.2, -0.15) is 0 Å². The second-order valence-electron chi connectivity index (χ2n) is 3.53. The number of alkyl halides is 1. The molecule has 0 aromatic carbocycles. The number of ether oxygens (including phenoxy) is 1. The molecular formula is C11H23ClO. The summed E-state index contributed by atoms with van der Waals surface area (Å²) in [5.74, 6) is 1.47. The number of rotatable bonds is 9. The van der Waals surface area contributed by atoms with Gasteiger partial charge in [-0.1, -0.05) is 33.1 Å². The summed E-state index contributed by atoms with van der Waals surface area (Å²) < 4.78 is 5.54. The summed E-state index contributed by atoms with van der Waals surface area (Å²) in [6.07, 6.45) is 6.15. The average molecular weight is 207 g/mol. The Kier molecular flexibility index (Phi) is 10.5. The largest absolute Gasteiger partial charge is 0.381 e. The molecule has 0 aliphatic rings. The van der Waals surface area contributed by atoms with Crippen molar-refractivity contribution in [2.24, 2.45) is 5.92 Å². The Bertz CT molecular complexity index is 96.1. The number of hydrogen-bond acceptors (Lipinski definition) is 1. The molecule has 0 aromatic rings. The van der Waals surface area contributed by atoms with E-state index in [0.717, 1.165) is 25.6 Å². The van der Waals surface area contributed by atoms with Crippen LogP contribution in [-0.2, 0) is 4.74 Å². The molecule has 1 atom stereocenters. The SMILES string of the molecule is CCCCC(CC)COCCCCl. The first kappa shape index (κ1) is 13.2. The van der Waals surface area contributed by atoms with E-state index in [-0.39, 0.29) is 0 Å². The van der Waals surface area contributed by atoms with Gasteiger partial charge in [0.25, 0.3) is 0 Å². The maximum absolute atomic E-state index is 5.55. The van der Waals surface area contributed by atoms with Crippen molar-refractivity contribution in [3.8, 4) is 0 Å². The summed E-state index contributed by atoms with van der Waals surface area (Å²) in [6.45, 7) is 6.23. The zero-order valence-corrected chi connectivity index (χ0v) is 9.78. The van der Waals surface area contributed by atoms with E-state index in [4.69, 9.17) is 16.3 Å². The summed E-state index contributed by atoms with van der Waals surface area (Å²) in [5.41, 5.74) is 0. The van der Waals surface area contributed by atoms with Crippen LogP contribution < -0.4 is 0 Å². The van der Waals surface area contributed by atoms with Gasteiger partial charge in [-0.25, -0.2) is 0 Å². The first-order valence-electron chi connectivity index (χ1n) is 5.48. The van der Waals surface area contributed by atoms with E-state index in [1.54, 1.807) is 0 Å². The zero-order valence-electron chi connectivity index (χ0n) is 9.02.